The lowest BCUT2D eigenvalue weighted by Gasteiger charge is -2.01. The van der Waals surface area contributed by atoms with E-state index in [1.807, 2.05) is 0 Å². The Bertz CT molecular complexity index is 464. The maximum atomic E-state index is 13.2. The van der Waals surface area contributed by atoms with Crippen LogP contribution in [-0.4, -0.2) is 27.1 Å². The Labute approximate surface area is 89.2 Å². The number of nitrogens with zero attached hydrogens (tertiary/aromatic N) is 2. The van der Waals surface area contributed by atoms with Crippen LogP contribution in [0.1, 0.15) is 0 Å². The first-order valence-corrected chi connectivity index (χ1v) is 4.99. The molecule has 0 aromatic carbocycles. The fourth-order valence-corrected chi connectivity index (χ4v) is 1.71. The number of pyridine rings is 1. The van der Waals surface area contributed by atoms with Crippen LogP contribution in [0.4, 0.5) is 4.39 Å². The summed E-state index contributed by atoms with van der Waals surface area (Å²) in [4.78, 5) is 7.56. The molecule has 2 rings (SSSR count). The first kappa shape index (κ1) is 10.2. The summed E-state index contributed by atoms with van der Waals surface area (Å²) in [5, 5.41) is 19.9. The van der Waals surface area contributed by atoms with Gasteiger partial charge in [0, 0.05) is 17.0 Å². The lowest BCUT2D eigenvalue weighted by Crippen LogP contribution is -2.33. The molecular weight excluding hydrogens is 218 g/mol. The third-order valence-electron chi connectivity index (χ3n) is 1.81. The van der Waals surface area contributed by atoms with Gasteiger partial charge in [-0.15, -0.1) is 11.3 Å². The van der Waals surface area contributed by atoms with E-state index in [1.54, 1.807) is 11.6 Å². The summed E-state index contributed by atoms with van der Waals surface area (Å²) in [6.45, 7) is 0. The van der Waals surface area contributed by atoms with Crippen LogP contribution in [0.5, 0.6) is 0 Å². The molecule has 15 heavy (non-hydrogen) atoms. The van der Waals surface area contributed by atoms with Crippen molar-refractivity contribution in [2.24, 2.45) is 0 Å². The van der Waals surface area contributed by atoms with Crippen molar-refractivity contribution >= 4 is 23.9 Å². The molecule has 2 heterocycles. The Hall–Kier alpha value is -1.31. The first-order chi connectivity index (χ1) is 7.18. The average molecular weight is 224 g/mol. The van der Waals surface area contributed by atoms with Gasteiger partial charge in [-0.3, -0.25) is 0 Å². The quantitative estimate of drug-likeness (QED) is 0.557. The zero-order chi connectivity index (χ0) is 10.8. The summed E-state index contributed by atoms with van der Waals surface area (Å²) in [5.41, 5.74) is 0.141. The molecule has 0 amide bonds. The van der Waals surface area contributed by atoms with Crippen LogP contribution in [0.15, 0.2) is 23.7 Å². The lowest BCUT2D eigenvalue weighted by atomic mass is 9.81. The molecule has 0 aliphatic carbocycles. The van der Waals surface area contributed by atoms with E-state index in [9.17, 15) is 4.39 Å². The maximum Gasteiger partial charge on any atom is 0.493 e. The van der Waals surface area contributed by atoms with E-state index in [-0.39, 0.29) is 5.46 Å². The third kappa shape index (κ3) is 2.04. The van der Waals surface area contributed by atoms with Gasteiger partial charge in [0.25, 0.3) is 0 Å². The summed E-state index contributed by atoms with van der Waals surface area (Å²) < 4.78 is 13.2. The van der Waals surface area contributed by atoms with E-state index < -0.39 is 13.1 Å². The molecule has 0 unspecified atom stereocenters. The number of thiazole rings is 1. The second-order valence-corrected chi connectivity index (χ2v) is 3.68. The van der Waals surface area contributed by atoms with Gasteiger partial charge < -0.3 is 10.0 Å². The molecule has 0 bridgehead atoms. The van der Waals surface area contributed by atoms with Crippen molar-refractivity contribution in [2.75, 3.05) is 0 Å². The van der Waals surface area contributed by atoms with Crippen LogP contribution >= 0.6 is 11.3 Å². The normalized spacial score (nSPS) is 10.3. The molecule has 0 spiro atoms. The van der Waals surface area contributed by atoms with Crippen molar-refractivity contribution in [3.8, 4) is 10.7 Å². The summed E-state index contributed by atoms with van der Waals surface area (Å²) in [5.74, 6) is -0.891. The molecule has 0 saturated heterocycles. The molecule has 76 valence electrons. The highest BCUT2D eigenvalue weighted by Gasteiger charge is 2.18. The second kappa shape index (κ2) is 4.05. The molecule has 2 N–H and O–H groups in total. The molecule has 0 aliphatic heterocycles. The van der Waals surface area contributed by atoms with Gasteiger partial charge in [-0.2, -0.15) is 4.39 Å². The van der Waals surface area contributed by atoms with Crippen LogP contribution in [0.2, 0.25) is 0 Å². The molecule has 7 heteroatoms. The summed E-state index contributed by atoms with van der Waals surface area (Å²) in [6, 6.07) is 2.78. The fourth-order valence-electron chi connectivity index (χ4n) is 1.11. The number of hydrogen-bond acceptors (Lipinski definition) is 5. The predicted octanol–water partition coefficient (Wildman–Crippen LogP) is 0.0240. The minimum Gasteiger partial charge on any atom is -0.423 e. The third-order valence-corrected chi connectivity index (χ3v) is 2.60. The van der Waals surface area contributed by atoms with Gasteiger partial charge in [0.1, 0.15) is 10.7 Å². The topological polar surface area (TPSA) is 66.2 Å². The number of halogens is 1. The van der Waals surface area contributed by atoms with Gasteiger partial charge in [-0.25, -0.2) is 9.97 Å². The number of hydrogen-bond donors (Lipinski definition) is 2. The number of aromatic nitrogens is 2. The molecule has 2 aromatic rings. The minimum atomic E-state index is -1.84. The van der Waals surface area contributed by atoms with Crippen molar-refractivity contribution in [3.63, 3.8) is 0 Å². The van der Waals surface area contributed by atoms with Crippen molar-refractivity contribution in [2.45, 2.75) is 0 Å². The first-order valence-electron chi connectivity index (χ1n) is 4.11. The predicted molar refractivity (Wildman–Crippen MR) is 55.1 cm³/mol. The maximum absolute atomic E-state index is 13.2. The molecule has 0 aliphatic rings. The zero-order valence-corrected chi connectivity index (χ0v) is 8.28. The molecule has 0 atom stereocenters. The Morgan fingerprint density at radius 1 is 1.33 bits per heavy atom. The van der Waals surface area contributed by atoms with Crippen molar-refractivity contribution in [3.05, 3.63) is 29.7 Å². The largest absolute Gasteiger partial charge is 0.493 e. The summed E-state index contributed by atoms with van der Waals surface area (Å²) >= 11 is 1.33. The van der Waals surface area contributed by atoms with Gasteiger partial charge in [-0.05, 0) is 6.07 Å². The van der Waals surface area contributed by atoms with Crippen molar-refractivity contribution in [1.82, 2.24) is 9.97 Å². The summed E-state index contributed by atoms with van der Waals surface area (Å²) in [7, 11) is -1.84. The lowest BCUT2D eigenvalue weighted by molar-refractivity contribution is 0.422. The van der Waals surface area contributed by atoms with E-state index in [0.29, 0.717) is 10.7 Å². The average Bonchev–Trinajstić information content (AvgIpc) is 2.69. The highest BCUT2D eigenvalue weighted by atomic mass is 32.1. The zero-order valence-electron chi connectivity index (χ0n) is 7.46. The van der Waals surface area contributed by atoms with Crippen molar-refractivity contribution in [1.29, 1.82) is 0 Å². The van der Waals surface area contributed by atoms with Crippen molar-refractivity contribution < 1.29 is 14.4 Å². The Morgan fingerprint density at radius 2 is 2.13 bits per heavy atom. The van der Waals surface area contributed by atoms with Crippen LogP contribution in [-0.2, 0) is 0 Å². The van der Waals surface area contributed by atoms with E-state index >= 15 is 0 Å². The minimum absolute atomic E-state index is 0.240. The van der Waals surface area contributed by atoms with E-state index in [2.05, 4.69) is 9.97 Å². The van der Waals surface area contributed by atoms with Gasteiger partial charge in [0.15, 0.2) is 0 Å². The van der Waals surface area contributed by atoms with Gasteiger partial charge >= 0.3 is 7.12 Å². The molecule has 0 fully saturated rings. The fraction of sp³-hybridized carbons (Fsp3) is 0. The van der Waals surface area contributed by atoms with Gasteiger partial charge in [0.05, 0.1) is 0 Å². The van der Waals surface area contributed by atoms with Gasteiger partial charge in [-0.1, -0.05) is 6.07 Å². The van der Waals surface area contributed by atoms with Crippen LogP contribution in [0, 0.1) is 5.95 Å². The Balaban J connectivity index is 2.42. The van der Waals surface area contributed by atoms with Crippen LogP contribution in [0.25, 0.3) is 10.7 Å². The SMILES string of the molecule is OB(O)c1ccc(-c2nccs2)nc1F. The molecular formula is C8H6BFN2O2S. The molecule has 0 saturated carbocycles. The molecule has 0 radical (unpaired) electrons. The Kier molecular flexibility index (Phi) is 2.76. The van der Waals surface area contributed by atoms with E-state index in [4.69, 9.17) is 10.0 Å². The smallest absolute Gasteiger partial charge is 0.423 e. The van der Waals surface area contributed by atoms with Crippen LogP contribution in [0.3, 0.4) is 0 Å². The standard InChI is InChI=1S/C8H6BFN2O2S/c10-7-5(9(13)14)1-2-6(12-7)8-11-3-4-15-8/h1-4,13-14H. The van der Waals surface area contributed by atoms with E-state index in [1.165, 1.54) is 23.5 Å². The molecule has 2 aromatic heterocycles. The monoisotopic (exact) mass is 224 g/mol. The highest BCUT2D eigenvalue weighted by molar-refractivity contribution is 7.13. The van der Waals surface area contributed by atoms with Gasteiger partial charge in [0.2, 0.25) is 5.95 Å². The summed E-state index contributed by atoms with van der Waals surface area (Å²) in [6.07, 6.45) is 1.59. The van der Waals surface area contributed by atoms with Crippen LogP contribution < -0.4 is 5.46 Å². The second-order valence-electron chi connectivity index (χ2n) is 2.79. The Morgan fingerprint density at radius 3 is 2.67 bits per heavy atom. The molecule has 4 nitrogen and oxygen atoms in total. The highest BCUT2D eigenvalue weighted by Crippen LogP contribution is 2.18. The van der Waals surface area contributed by atoms with E-state index in [0.717, 1.165) is 0 Å². The number of rotatable bonds is 2.